The summed E-state index contributed by atoms with van der Waals surface area (Å²) in [6, 6.07) is 21.2. The molecule has 0 saturated carbocycles. The summed E-state index contributed by atoms with van der Waals surface area (Å²) in [4.78, 5) is 27.8. The van der Waals surface area contributed by atoms with Crippen LogP contribution in [0, 0.1) is 0 Å². The number of carbonyl (C=O) groups excluding carboxylic acids is 1. The minimum Gasteiger partial charge on any atom is -0.438 e. The van der Waals surface area contributed by atoms with Crippen molar-refractivity contribution >= 4 is 6.09 Å². The number of ether oxygens (including phenoxy) is 2. The van der Waals surface area contributed by atoms with Crippen LogP contribution in [0.25, 0.3) is 11.1 Å². The van der Waals surface area contributed by atoms with E-state index in [0.717, 1.165) is 28.7 Å². The molecule has 0 unspecified atom stereocenters. The predicted molar refractivity (Wildman–Crippen MR) is 146 cm³/mol. The number of benzene rings is 2. The Morgan fingerprint density at radius 2 is 1.79 bits per heavy atom. The van der Waals surface area contributed by atoms with Crippen LogP contribution in [-0.4, -0.2) is 46.0 Å². The molecule has 5 rings (SSSR count). The normalized spacial score (nSPS) is 22.8. The van der Waals surface area contributed by atoms with Crippen LogP contribution in [0.4, 0.5) is 4.79 Å². The Balaban J connectivity index is 1.31. The zero-order valence-electron chi connectivity index (χ0n) is 22.3. The molecule has 38 heavy (non-hydrogen) atoms. The number of nitrogens with zero attached hydrogens (tertiary/aromatic N) is 2. The van der Waals surface area contributed by atoms with Crippen LogP contribution >= 0.6 is 0 Å². The minimum atomic E-state index is -0.995. The maximum atomic E-state index is 13.3. The zero-order chi connectivity index (χ0) is 26.9. The van der Waals surface area contributed by atoms with Crippen molar-refractivity contribution in [3.8, 4) is 11.1 Å². The lowest BCUT2D eigenvalue weighted by atomic mass is 9.80. The molecule has 2 saturated heterocycles. The molecule has 3 heterocycles. The van der Waals surface area contributed by atoms with Crippen molar-refractivity contribution in [2.45, 2.75) is 63.3 Å². The van der Waals surface area contributed by atoms with Gasteiger partial charge in [0.05, 0.1) is 24.3 Å². The molecule has 2 aromatic carbocycles. The van der Waals surface area contributed by atoms with Gasteiger partial charge in [-0.1, -0.05) is 54.6 Å². The summed E-state index contributed by atoms with van der Waals surface area (Å²) in [5, 5.41) is 10.6. The minimum absolute atomic E-state index is 0.0283. The third-order valence-electron chi connectivity index (χ3n) is 7.73. The van der Waals surface area contributed by atoms with Gasteiger partial charge in [-0.05, 0) is 55.5 Å². The van der Waals surface area contributed by atoms with Crippen molar-refractivity contribution in [3.05, 3.63) is 94.4 Å². The number of hydrogen-bond acceptors (Lipinski definition) is 5. The molecule has 7 nitrogen and oxygen atoms in total. The Bertz CT molecular complexity index is 1320. The van der Waals surface area contributed by atoms with Crippen molar-refractivity contribution in [2.24, 2.45) is 0 Å². The molecule has 1 aromatic heterocycles. The lowest BCUT2D eigenvalue weighted by molar-refractivity contribution is -0.101. The Hall–Kier alpha value is -3.42. The molecule has 200 valence electrons. The van der Waals surface area contributed by atoms with Gasteiger partial charge in [-0.25, -0.2) is 4.79 Å². The molecule has 2 fully saturated rings. The van der Waals surface area contributed by atoms with Gasteiger partial charge in [0.2, 0.25) is 0 Å². The summed E-state index contributed by atoms with van der Waals surface area (Å²) in [5.74, 6) is 0. The van der Waals surface area contributed by atoms with E-state index in [0.29, 0.717) is 32.6 Å². The number of cyclic esters (lactones) is 1. The molecule has 2 aliphatic heterocycles. The highest BCUT2D eigenvalue weighted by molar-refractivity contribution is 5.70. The lowest BCUT2D eigenvalue weighted by Crippen LogP contribution is -2.51. The SMILES string of the molecule is C[C@@H](c1ccc(-c2ccn([C@H]3CCOC3)c(=O)c2)cc1)N1CC[C@](CC(C)(C)O)(c2ccccc2)OC1=O. The molecule has 0 spiro atoms. The van der Waals surface area contributed by atoms with Gasteiger partial charge in [-0.2, -0.15) is 0 Å². The molecule has 0 bridgehead atoms. The van der Waals surface area contributed by atoms with Crippen LogP contribution < -0.4 is 5.56 Å². The van der Waals surface area contributed by atoms with Crippen molar-refractivity contribution in [2.75, 3.05) is 19.8 Å². The van der Waals surface area contributed by atoms with Gasteiger partial charge in [0, 0.05) is 38.3 Å². The Morgan fingerprint density at radius 3 is 2.39 bits per heavy atom. The standard InChI is InChI=1S/C31H36N2O5/c1-22(32-17-15-31(38-29(32)35,21-30(2,3)36)26-7-5-4-6-8-26)23-9-11-24(12-10-23)25-13-16-33(28(34)19-25)27-14-18-37-20-27/h4-13,16,19,22,27,36H,14-15,17-18,20-21H2,1-3H3/t22-,27-,31-/m0/s1. The first-order chi connectivity index (χ1) is 18.2. The van der Waals surface area contributed by atoms with E-state index >= 15 is 0 Å². The number of aromatic nitrogens is 1. The second-order valence-corrected chi connectivity index (χ2v) is 11.1. The summed E-state index contributed by atoms with van der Waals surface area (Å²) in [5.41, 5.74) is 1.79. The van der Waals surface area contributed by atoms with Crippen molar-refractivity contribution in [1.82, 2.24) is 9.47 Å². The molecule has 3 atom stereocenters. The Kier molecular flexibility index (Phi) is 7.16. The summed E-state index contributed by atoms with van der Waals surface area (Å²) >= 11 is 0. The van der Waals surface area contributed by atoms with E-state index in [4.69, 9.17) is 9.47 Å². The molecule has 3 aromatic rings. The van der Waals surface area contributed by atoms with Gasteiger partial charge < -0.3 is 24.0 Å². The molecule has 1 amide bonds. The topological polar surface area (TPSA) is 81.0 Å². The van der Waals surface area contributed by atoms with Gasteiger partial charge in [-0.3, -0.25) is 4.79 Å². The van der Waals surface area contributed by atoms with Crippen LogP contribution in [-0.2, 0) is 15.1 Å². The molecule has 1 N–H and O–H groups in total. The van der Waals surface area contributed by atoms with E-state index in [1.165, 1.54) is 0 Å². The van der Waals surface area contributed by atoms with Crippen molar-refractivity contribution in [3.63, 3.8) is 0 Å². The number of amides is 1. The number of aliphatic hydroxyl groups is 1. The maximum absolute atomic E-state index is 13.3. The number of carbonyl (C=O) groups is 1. The lowest BCUT2D eigenvalue weighted by Gasteiger charge is -2.45. The molecule has 2 aliphatic rings. The van der Waals surface area contributed by atoms with Crippen LogP contribution in [0.2, 0.25) is 0 Å². The quantitative estimate of drug-likeness (QED) is 0.453. The monoisotopic (exact) mass is 516 g/mol. The fourth-order valence-electron chi connectivity index (χ4n) is 5.74. The van der Waals surface area contributed by atoms with Crippen LogP contribution in [0.15, 0.2) is 77.7 Å². The van der Waals surface area contributed by atoms with E-state index in [9.17, 15) is 14.7 Å². The van der Waals surface area contributed by atoms with Crippen molar-refractivity contribution in [1.29, 1.82) is 0 Å². The summed E-state index contributed by atoms with van der Waals surface area (Å²) in [7, 11) is 0. The average Bonchev–Trinajstić information content (AvgIpc) is 3.43. The van der Waals surface area contributed by atoms with E-state index in [1.807, 2.05) is 73.8 Å². The number of rotatable bonds is 7. The van der Waals surface area contributed by atoms with E-state index in [1.54, 1.807) is 29.4 Å². The van der Waals surface area contributed by atoms with Gasteiger partial charge in [0.1, 0.15) is 5.60 Å². The highest BCUT2D eigenvalue weighted by Gasteiger charge is 2.46. The molecule has 0 radical (unpaired) electrons. The fraction of sp³-hybridized carbons (Fsp3) is 0.419. The second kappa shape index (κ2) is 10.4. The summed E-state index contributed by atoms with van der Waals surface area (Å²) in [6.45, 7) is 7.26. The molecular formula is C31H36N2O5. The van der Waals surface area contributed by atoms with Crippen LogP contribution in [0.5, 0.6) is 0 Å². The third-order valence-corrected chi connectivity index (χ3v) is 7.73. The first-order valence-electron chi connectivity index (χ1n) is 13.3. The van der Waals surface area contributed by atoms with Crippen LogP contribution in [0.3, 0.4) is 0 Å². The smallest absolute Gasteiger partial charge is 0.411 e. The molecular weight excluding hydrogens is 480 g/mol. The predicted octanol–water partition coefficient (Wildman–Crippen LogP) is 5.44. The summed E-state index contributed by atoms with van der Waals surface area (Å²) in [6.07, 6.45) is 3.22. The van der Waals surface area contributed by atoms with E-state index < -0.39 is 11.2 Å². The average molecular weight is 517 g/mol. The summed E-state index contributed by atoms with van der Waals surface area (Å²) < 4.78 is 13.3. The first kappa shape index (κ1) is 26.2. The highest BCUT2D eigenvalue weighted by atomic mass is 16.6. The van der Waals surface area contributed by atoms with E-state index in [2.05, 4.69) is 0 Å². The Labute approximate surface area is 223 Å². The van der Waals surface area contributed by atoms with Gasteiger partial charge in [-0.15, -0.1) is 0 Å². The highest BCUT2D eigenvalue weighted by Crippen LogP contribution is 2.42. The third kappa shape index (κ3) is 5.40. The van der Waals surface area contributed by atoms with E-state index in [-0.39, 0.29) is 23.7 Å². The zero-order valence-corrected chi connectivity index (χ0v) is 22.3. The van der Waals surface area contributed by atoms with Gasteiger partial charge in [0.25, 0.3) is 5.56 Å². The number of pyridine rings is 1. The maximum Gasteiger partial charge on any atom is 0.411 e. The van der Waals surface area contributed by atoms with Gasteiger partial charge >= 0.3 is 6.09 Å². The van der Waals surface area contributed by atoms with Crippen molar-refractivity contribution < 1.29 is 19.4 Å². The second-order valence-electron chi connectivity index (χ2n) is 11.1. The Morgan fingerprint density at radius 1 is 1.05 bits per heavy atom. The molecule has 0 aliphatic carbocycles. The fourth-order valence-corrected chi connectivity index (χ4v) is 5.74. The number of hydrogen-bond donors (Lipinski definition) is 1. The van der Waals surface area contributed by atoms with Crippen LogP contribution in [0.1, 0.15) is 63.2 Å². The largest absolute Gasteiger partial charge is 0.438 e. The first-order valence-corrected chi connectivity index (χ1v) is 13.3. The van der Waals surface area contributed by atoms with Gasteiger partial charge in [0.15, 0.2) is 0 Å². The molecule has 7 heteroatoms.